The summed E-state index contributed by atoms with van der Waals surface area (Å²) in [6, 6.07) is 4.18. The zero-order valence-electron chi connectivity index (χ0n) is 14.2. The van der Waals surface area contributed by atoms with Crippen molar-refractivity contribution < 1.29 is 14.3 Å². The quantitative estimate of drug-likeness (QED) is 0.779. The molecule has 134 valence electrons. The van der Waals surface area contributed by atoms with Crippen LogP contribution in [0.4, 0.5) is 0 Å². The van der Waals surface area contributed by atoms with E-state index in [0.717, 1.165) is 29.1 Å². The van der Waals surface area contributed by atoms with E-state index in [9.17, 15) is 9.59 Å². The predicted octanol–water partition coefficient (Wildman–Crippen LogP) is 3.65. The average molecular weight is 379 g/mol. The second-order valence-electron chi connectivity index (χ2n) is 6.39. The molecule has 1 saturated carbocycles. The number of ether oxygens (including phenoxy) is 1. The highest BCUT2D eigenvalue weighted by atomic mass is 32.1. The molecule has 3 rings (SSSR count). The molecular formula is C18H22N2O3S2. The van der Waals surface area contributed by atoms with E-state index < -0.39 is 5.97 Å². The van der Waals surface area contributed by atoms with Gasteiger partial charge >= 0.3 is 5.97 Å². The summed E-state index contributed by atoms with van der Waals surface area (Å²) in [4.78, 5) is 29.4. The Hall–Kier alpha value is -1.73. The molecule has 0 bridgehead atoms. The van der Waals surface area contributed by atoms with Gasteiger partial charge in [-0.05, 0) is 30.2 Å². The molecule has 25 heavy (non-hydrogen) atoms. The maximum Gasteiger partial charge on any atom is 0.312 e. The summed E-state index contributed by atoms with van der Waals surface area (Å²) in [6.07, 6.45) is 4.61. The number of hydrogen-bond acceptors (Lipinski definition) is 6. The molecular weight excluding hydrogens is 356 g/mol. The van der Waals surface area contributed by atoms with Gasteiger partial charge in [0, 0.05) is 11.4 Å². The predicted molar refractivity (Wildman–Crippen MR) is 99.7 cm³/mol. The topological polar surface area (TPSA) is 68.3 Å². The van der Waals surface area contributed by atoms with Crippen molar-refractivity contribution in [1.29, 1.82) is 0 Å². The molecule has 1 aliphatic rings. The van der Waals surface area contributed by atoms with E-state index in [-0.39, 0.29) is 25.0 Å². The van der Waals surface area contributed by atoms with Crippen molar-refractivity contribution in [1.82, 2.24) is 10.3 Å². The molecule has 2 unspecified atom stereocenters. The maximum atomic E-state index is 12.0. The summed E-state index contributed by atoms with van der Waals surface area (Å²) in [6.45, 7) is 1.94. The van der Waals surface area contributed by atoms with Crippen LogP contribution in [0.3, 0.4) is 0 Å². The molecule has 0 aliphatic heterocycles. The van der Waals surface area contributed by atoms with Crippen molar-refractivity contribution in [3.05, 3.63) is 28.6 Å². The first-order valence-electron chi connectivity index (χ1n) is 8.55. The fourth-order valence-corrected chi connectivity index (χ4v) is 4.66. The van der Waals surface area contributed by atoms with Crippen LogP contribution >= 0.6 is 22.7 Å². The first-order chi connectivity index (χ1) is 12.1. The largest absolute Gasteiger partial charge is 0.455 e. The van der Waals surface area contributed by atoms with Crippen molar-refractivity contribution in [2.45, 2.75) is 45.1 Å². The molecule has 2 aromatic rings. The minimum absolute atomic E-state index is 0.0922. The molecule has 0 aromatic carbocycles. The van der Waals surface area contributed by atoms with E-state index in [1.807, 2.05) is 22.9 Å². The van der Waals surface area contributed by atoms with E-state index in [1.54, 1.807) is 11.3 Å². The van der Waals surface area contributed by atoms with Crippen LogP contribution in [0.5, 0.6) is 0 Å². The van der Waals surface area contributed by atoms with Gasteiger partial charge in [0.15, 0.2) is 6.61 Å². The fourth-order valence-electron chi connectivity index (χ4n) is 3.03. The molecule has 1 amide bonds. The van der Waals surface area contributed by atoms with Crippen molar-refractivity contribution >= 4 is 34.6 Å². The smallest absolute Gasteiger partial charge is 0.312 e. The van der Waals surface area contributed by atoms with Crippen LogP contribution in [0.25, 0.3) is 9.88 Å². The van der Waals surface area contributed by atoms with Gasteiger partial charge < -0.3 is 10.1 Å². The molecule has 7 heteroatoms. The summed E-state index contributed by atoms with van der Waals surface area (Å²) in [5, 5.41) is 7.74. The van der Waals surface area contributed by atoms with E-state index in [0.29, 0.717) is 11.6 Å². The SMILES string of the molecule is CC1CCCCC1NC(=O)COC(=O)Cc1csc(-c2cccs2)n1. The number of rotatable bonds is 6. The van der Waals surface area contributed by atoms with Crippen molar-refractivity contribution in [2.75, 3.05) is 6.61 Å². The number of aromatic nitrogens is 1. The minimum Gasteiger partial charge on any atom is -0.455 e. The van der Waals surface area contributed by atoms with Crippen LogP contribution in [-0.2, 0) is 20.7 Å². The van der Waals surface area contributed by atoms with Gasteiger partial charge in [0.2, 0.25) is 0 Å². The van der Waals surface area contributed by atoms with Gasteiger partial charge in [-0.15, -0.1) is 22.7 Å². The number of thiazole rings is 1. The van der Waals surface area contributed by atoms with Gasteiger partial charge in [-0.3, -0.25) is 9.59 Å². The third kappa shape index (κ3) is 5.12. The van der Waals surface area contributed by atoms with E-state index in [1.165, 1.54) is 17.8 Å². The van der Waals surface area contributed by atoms with E-state index >= 15 is 0 Å². The Labute approximate surface area is 155 Å². The van der Waals surface area contributed by atoms with Gasteiger partial charge in [-0.1, -0.05) is 25.8 Å². The lowest BCUT2D eigenvalue weighted by molar-refractivity contribution is -0.148. The molecule has 1 N–H and O–H groups in total. The minimum atomic E-state index is -0.421. The van der Waals surface area contributed by atoms with Crippen LogP contribution in [0, 0.1) is 5.92 Å². The Morgan fingerprint density at radius 1 is 1.32 bits per heavy atom. The summed E-state index contributed by atoms with van der Waals surface area (Å²) in [5.74, 6) is -0.154. The third-order valence-electron chi connectivity index (χ3n) is 4.43. The highest BCUT2D eigenvalue weighted by molar-refractivity contribution is 7.20. The second-order valence-corrected chi connectivity index (χ2v) is 8.20. The summed E-state index contributed by atoms with van der Waals surface area (Å²) < 4.78 is 5.10. The summed E-state index contributed by atoms with van der Waals surface area (Å²) in [5.41, 5.74) is 0.680. The molecule has 2 aromatic heterocycles. The lowest BCUT2D eigenvalue weighted by atomic mass is 9.86. The van der Waals surface area contributed by atoms with Gasteiger partial charge in [0.1, 0.15) is 5.01 Å². The van der Waals surface area contributed by atoms with Gasteiger partial charge in [-0.2, -0.15) is 0 Å². The third-order valence-corrected chi connectivity index (χ3v) is 6.36. The van der Waals surface area contributed by atoms with Crippen LogP contribution in [0.15, 0.2) is 22.9 Å². The normalized spacial score (nSPS) is 20.2. The molecule has 0 spiro atoms. The summed E-state index contributed by atoms with van der Waals surface area (Å²) in [7, 11) is 0. The Balaban J connectivity index is 1.42. The van der Waals surface area contributed by atoms with Crippen LogP contribution in [0.2, 0.25) is 0 Å². The highest BCUT2D eigenvalue weighted by Crippen LogP contribution is 2.28. The number of nitrogens with one attached hydrogen (secondary N) is 1. The Morgan fingerprint density at radius 2 is 2.16 bits per heavy atom. The Bertz CT molecular complexity index is 712. The molecule has 1 fully saturated rings. The lowest BCUT2D eigenvalue weighted by Crippen LogP contribution is -2.42. The maximum absolute atomic E-state index is 12.0. The second kappa shape index (κ2) is 8.58. The van der Waals surface area contributed by atoms with Gasteiger partial charge in [0.05, 0.1) is 17.0 Å². The number of amides is 1. The number of hydrogen-bond donors (Lipinski definition) is 1. The molecule has 5 nitrogen and oxygen atoms in total. The molecule has 0 saturated heterocycles. The first-order valence-corrected chi connectivity index (χ1v) is 10.3. The average Bonchev–Trinajstić information content (AvgIpc) is 3.26. The van der Waals surface area contributed by atoms with Crippen LogP contribution in [0.1, 0.15) is 38.3 Å². The fraction of sp³-hybridized carbons (Fsp3) is 0.500. The molecule has 2 atom stereocenters. The zero-order valence-corrected chi connectivity index (χ0v) is 15.8. The Kier molecular flexibility index (Phi) is 6.20. The number of carbonyl (C=O) groups is 2. The van der Waals surface area contributed by atoms with Gasteiger partial charge in [0.25, 0.3) is 5.91 Å². The lowest BCUT2D eigenvalue weighted by Gasteiger charge is -2.29. The number of nitrogens with zero attached hydrogens (tertiary/aromatic N) is 1. The standard InChI is InChI=1S/C18H22N2O3S2/c1-12-5-2-3-6-14(12)20-16(21)10-23-17(22)9-13-11-25-18(19-13)15-7-4-8-24-15/h4,7-8,11-12,14H,2-3,5-6,9-10H2,1H3,(H,20,21). The molecule has 1 aliphatic carbocycles. The highest BCUT2D eigenvalue weighted by Gasteiger charge is 2.23. The van der Waals surface area contributed by atoms with Crippen LogP contribution in [-0.4, -0.2) is 29.5 Å². The number of thiophene rings is 1. The number of carbonyl (C=O) groups excluding carboxylic acids is 2. The van der Waals surface area contributed by atoms with E-state index in [2.05, 4.69) is 17.2 Å². The molecule has 2 heterocycles. The van der Waals surface area contributed by atoms with Crippen molar-refractivity contribution in [2.24, 2.45) is 5.92 Å². The number of esters is 1. The first kappa shape index (κ1) is 18.1. The summed E-state index contributed by atoms with van der Waals surface area (Å²) >= 11 is 3.13. The monoisotopic (exact) mass is 378 g/mol. The van der Waals surface area contributed by atoms with E-state index in [4.69, 9.17) is 4.74 Å². The Morgan fingerprint density at radius 3 is 2.92 bits per heavy atom. The van der Waals surface area contributed by atoms with Gasteiger partial charge in [-0.25, -0.2) is 4.98 Å². The van der Waals surface area contributed by atoms with Crippen molar-refractivity contribution in [3.8, 4) is 9.88 Å². The van der Waals surface area contributed by atoms with Crippen LogP contribution < -0.4 is 5.32 Å². The molecule has 0 radical (unpaired) electrons. The zero-order chi connectivity index (χ0) is 17.6. The van der Waals surface area contributed by atoms with Crippen molar-refractivity contribution in [3.63, 3.8) is 0 Å².